The number of benzene rings is 2. The number of halogens is 1. The standard InChI is InChI=1S/C43H54FN9O3/c1-8-50(28(2)3)41(54)36-19-32(44)10-12-38(36)52-18-17-51(40-39(52)22-46-27-47-40)33-13-15-48(16-14-33)26-31-9-11-37-35(29(31)4)20-34(21-45)53(37)25-30-23-49(24-30)42(55)56-43(5,6)7/h9-12,19-20,22,27-28,30,33H,8,13-18,23-26H2,1-7H3. The van der Waals surface area contributed by atoms with E-state index in [1.807, 2.05) is 47.6 Å². The molecule has 0 bridgehead atoms. The Bertz CT molecular complexity index is 2140. The SMILES string of the molecule is CCN(C(=O)c1cc(F)ccc1N1CCN(C2CCN(Cc3ccc4c(cc(C#N)n4CC4CN(C(=O)OC(C)(C)C)C4)c3C)CC2)c2ncncc21)C(C)C. The van der Waals surface area contributed by atoms with E-state index < -0.39 is 11.4 Å². The number of nitriles is 1. The summed E-state index contributed by atoms with van der Waals surface area (Å²) in [6.45, 7) is 20.1. The van der Waals surface area contributed by atoms with Crippen molar-refractivity contribution in [3.63, 3.8) is 0 Å². The summed E-state index contributed by atoms with van der Waals surface area (Å²) in [7, 11) is 0. The number of ether oxygens (including phenoxy) is 1. The third-order valence-electron chi connectivity index (χ3n) is 11.5. The van der Waals surface area contributed by atoms with Gasteiger partial charge in [-0.1, -0.05) is 6.07 Å². The normalized spacial score (nSPS) is 16.9. The molecule has 3 aliphatic rings. The van der Waals surface area contributed by atoms with Gasteiger partial charge in [-0.05, 0) is 103 Å². The van der Waals surface area contributed by atoms with Crippen molar-refractivity contribution in [2.24, 2.45) is 5.92 Å². The van der Waals surface area contributed by atoms with Crippen molar-refractivity contribution in [1.29, 1.82) is 5.26 Å². The highest BCUT2D eigenvalue weighted by molar-refractivity contribution is 6.01. The van der Waals surface area contributed by atoms with Crippen LogP contribution in [0.2, 0.25) is 0 Å². The topological polar surface area (TPSA) is 114 Å². The minimum Gasteiger partial charge on any atom is -0.444 e. The molecule has 0 radical (unpaired) electrons. The molecule has 2 aromatic carbocycles. The molecule has 0 aliphatic carbocycles. The molecule has 7 rings (SSSR count). The maximum atomic E-state index is 14.6. The van der Waals surface area contributed by atoms with E-state index in [1.54, 1.807) is 28.4 Å². The maximum Gasteiger partial charge on any atom is 0.410 e. The van der Waals surface area contributed by atoms with E-state index in [-0.39, 0.29) is 24.0 Å². The predicted molar refractivity (Wildman–Crippen MR) is 216 cm³/mol. The average Bonchev–Trinajstić information content (AvgIpc) is 3.51. The molecule has 3 aliphatic heterocycles. The molecule has 12 nitrogen and oxygen atoms in total. The first kappa shape index (κ1) is 39.0. The summed E-state index contributed by atoms with van der Waals surface area (Å²) < 4.78 is 22.2. The fourth-order valence-electron chi connectivity index (χ4n) is 8.61. The van der Waals surface area contributed by atoms with Crippen LogP contribution in [0.5, 0.6) is 0 Å². The summed E-state index contributed by atoms with van der Waals surface area (Å²) in [5.74, 6) is 0.469. The molecule has 4 aromatic rings. The van der Waals surface area contributed by atoms with Gasteiger partial charge in [0, 0.05) is 87.8 Å². The highest BCUT2D eigenvalue weighted by atomic mass is 19.1. The first-order chi connectivity index (χ1) is 26.8. The van der Waals surface area contributed by atoms with Gasteiger partial charge in [-0.15, -0.1) is 0 Å². The zero-order valence-corrected chi connectivity index (χ0v) is 33.8. The number of aryl methyl sites for hydroxylation is 1. The Hall–Kier alpha value is -5.22. The van der Waals surface area contributed by atoms with Gasteiger partial charge < -0.3 is 28.9 Å². The molecular weight excluding hydrogens is 710 g/mol. The minimum absolute atomic E-state index is 0.0178. The Kier molecular flexibility index (Phi) is 11.0. The van der Waals surface area contributed by atoms with Crippen LogP contribution in [0.1, 0.15) is 81.6 Å². The minimum atomic E-state index is -0.525. The Morgan fingerprint density at radius 2 is 1.80 bits per heavy atom. The predicted octanol–water partition coefficient (Wildman–Crippen LogP) is 7.11. The number of rotatable bonds is 9. The van der Waals surface area contributed by atoms with Crippen LogP contribution in [0.25, 0.3) is 10.9 Å². The molecule has 0 saturated carbocycles. The van der Waals surface area contributed by atoms with E-state index in [2.05, 4.69) is 49.4 Å². The molecule has 0 atom stereocenters. The molecule has 2 saturated heterocycles. The summed E-state index contributed by atoms with van der Waals surface area (Å²) in [4.78, 5) is 45.8. The number of fused-ring (bicyclic) bond motifs is 2. The lowest BCUT2D eigenvalue weighted by Gasteiger charge is -2.44. The zero-order chi connectivity index (χ0) is 39.9. The van der Waals surface area contributed by atoms with Gasteiger partial charge in [0.15, 0.2) is 5.82 Å². The number of aromatic nitrogens is 3. The van der Waals surface area contributed by atoms with Gasteiger partial charge in [0.25, 0.3) is 5.91 Å². The fraction of sp³-hybridized carbons (Fsp3) is 0.512. The number of hydrogen-bond acceptors (Lipinski definition) is 9. The van der Waals surface area contributed by atoms with Crippen LogP contribution >= 0.6 is 0 Å². The number of likely N-dealkylation sites (tertiary alicyclic amines) is 2. The highest BCUT2D eigenvalue weighted by Gasteiger charge is 2.36. The van der Waals surface area contributed by atoms with Gasteiger partial charge in [-0.3, -0.25) is 9.69 Å². The van der Waals surface area contributed by atoms with Gasteiger partial charge >= 0.3 is 6.09 Å². The van der Waals surface area contributed by atoms with Gasteiger partial charge in [0.2, 0.25) is 0 Å². The van der Waals surface area contributed by atoms with Crippen LogP contribution in [0.4, 0.5) is 26.4 Å². The molecule has 5 heterocycles. The third kappa shape index (κ3) is 7.76. The second kappa shape index (κ2) is 15.7. The second-order valence-electron chi connectivity index (χ2n) is 16.7. The van der Waals surface area contributed by atoms with Crippen molar-refractivity contribution in [3.05, 3.63) is 77.1 Å². The molecule has 0 N–H and O–H groups in total. The summed E-state index contributed by atoms with van der Waals surface area (Å²) >= 11 is 0. The van der Waals surface area contributed by atoms with Crippen LogP contribution in [-0.2, 0) is 17.8 Å². The van der Waals surface area contributed by atoms with Gasteiger partial charge in [-0.25, -0.2) is 19.2 Å². The van der Waals surface area contributed by atoms with Gasteiger partial charge in [0.05, 0.1) is 17.4 Å². The van der Waals surface area contributed by atoms with E-state index in [4.69, 9.17) is 9.72 Å². The van der Waals surface area contributed by atoms with Crippen LogP contribution < -0.4 is 9.80 Å². The van der Waals surface area contributed by atoms with Crippen LogP contribution in [-0.4, -0.2) is 105 Å². The summed E-state index contributed by atoms with van der Waals surface area (Å²) in [6.07, 6.45) is 5.04. The van der Waals surface area contributed by atoms with E-state index in [0.717, 1.165) is 61.4 Å². The molecule has 56 heavy (non-hydrogen) atoms. The van der Waals surface area contributed by atoms with Crippen molar-refractivity contribution in [2.45, 2.75) is 92.1 Å². The highest BCUT2D eigenvalue weighted by Crippen LogP contribution is 2.40. The molecule has 13 heteroatoms. The molecule has 0 unspecified atom stereocenters. The number of amides is 2. The summed E-state index contributed by atoms with van der Waals surface area (Å²) in [5.41, 5.74) is 5.45. The molecule has 2 fully saturated rings. The monoisotopic (exact) mass is 763 g/mol. The van der Waals surface area contributed by atoms with Gasteiger partial charge in [-0.2, -0.15) is 5.26 Å². The van der Waals surface area contributed by atoms with E-state index in [0.29, 0.717) is 55.7 Å². The number of nitrogens with zero attached hydrogens (tertiary/aromatic N) is 9. The summed E-state index contributed by atoms with van der Waals surface area (Å²) in [5, 5.41) is 11.2. The van der Waals surface area contributed by atoms with E-state index in [9.17, 15) is 19.2 Å². The average molecular weight is 764 g/mol. The number of hydrogen-bond donors (Lipinski definition) is 0. The number of anilines is 3. The van der Waals surface area contributed by atoms with E-state index >= 15 is 0 Å². The lowest BCUT2D eigenvalue weighted by molar-refractivity contribution is -0.00319. The number of piperidine rings is 1. The third-order valence-corrected chi connectivity index (χ3v) is 11.5. The number of carbonyl (C=O) groups is 2. The zero-order valence-electron chi connectivity index (χ0n) is 33.8. The van der Waals surface area contributed by atoms with Crippen LogP contribution in [0.3, 0.4) is 0 Å². The Morgan fingerprint density at radius 3 is 2.48 bits per heavy atom. The van der Waals surface area contributed by atoms with E-state index in [1.165, 1.54) is 23.3 Å². The molecule has 2 amide bonds. The lowest BCUT2D eigenvalue weighted by Crippen LogP contribution is -2.52. The van der Waals surface area contributed by atoms with Crippen molar-refractivity contribution in [2.75, 3.05) is 55.6 Å². The quantitative estimate of drug-likeness (QED) is 0.176. The summed E-state index contributed by atoms with van der Waals surface area (Å²) in [6, 6.07) is 13.5. The Labute approximate surface area is 329 Å². The second-order valence-corrected chi connectivity index (χ2v) is 16.7. The van der Waals surface area contributed by atoms with Crippen molar-refractivity contribution >= 4 is 40.1 Å². The van der Waals surface area contributed by atoms with Crippen molar-refractivity contribution < 1.29 is 18.7 Å². The lowest BCUT2D eigenvalue weighted by atomic mass is 9.99. The van der Waals surface area contributed by atoms with Crippen molar-refractivity contribution in [3.8, 4) is 6.07 Å². The largest absolute Gasteiger partial charge is 0.444 e. The van der Waals surface area contributed by atoms with Crippen LogP contribution in [0, 0.1) is 30.0 Å². The molecule has 296 valence electrons. The van der Waals surface area contributed by atoms with Gasteiger partial charge in [0.1, 0.15) is 35.2 Å². The molecule has 0 spiro atoms. The van der Waals surface area contributed by atoms with Crippen molar-refractivity contribution in [1.82, 2.24) is 29.2 Å². The Morgan fingerprint density at radius 1 is 1.05 bits per heavy atom. The first-order valence-corrected chi connectivity index (χ1v) is 19.9. The Balaban J connectivity index is 1.01. The number of carbonyl (C=O) groups excluding carboxylic acids is 2. The smallest absolute Gasteiger partial charge is 0.410 e. The molecule has 2 aromatic heterocycles. The van der Waals surface area contributed by atoms with Crippen LogP contribution in [0.15, 0.2) is 48.9 Å². The first-order valence-electron chi connectivity index (χ1n) is 19.9. The fourth-order valence-corrected chi connectivity index (χ4v) is 8.61. The maximum absolute atomic E-state index is 14.6. The molecular formula is C43H54FN9O3.